The average molecular weight is 118 g/mol. The normalized spacial score (nSPS) is 21.9. The summed E-state index contributed by atoms with van der Waals surface area (Å²) in [6, 6.07) is 0. The van der Waals surface area contributed by atoms with Gasteiger partial charge in [0.2, 0.25) is 0 Å². The fourth-order valence-corrected chi connectivity index (χ4v) is 2.63. The highest BCUT2D eigenvalue weighted by atomic mass is 31.1. The molecule has 1 heteroatoms. The third-order valence-corrected chi connectivity index (χ3v) is 3.49. The van der Waals surface area contributed by atoms with Gasteiger partial charge in [-0.1, -0.05) is 7.43 Å². The molecule has 0 nitrogen and oxygen atoms in total. The van der Waals surface area contributed by atoms with E-state index in [9.17, 15) is 0 Å². The van der Waals surface area contributed by atoms with Crippen LogP contribution < -0.4 is 0 Å². The molecule has 0 saturated carbocycles. The largest absolute Gasteiger partial charge is 0.110 e. The summed E-state index contributed by atoms with van der Waals surface area (Å²) < 4.78 is 0. The first kappa shape index (κ1) is 7.43. The summed E-state index contributed by atoms with van der Waals surface area (Å²) in [5.74, 6) is 0. The lowest BCUT2D eigenvalue weighted by Gasteiger charge is -1.93. The Bertz CT molecular complexity index is 37.4. The average Bonchev–Trinajstić information content (AvgIpc) is 1.86. The monoisotopic (exact) mass is 118 g/mol. The Morgan fingerprint density at radius 3 is 1.71 bits per heavy atom. The fourth-order valence-electron chi connectivity index (χ4n) is 0.875. The summed E-state index contributed by atoms with van der Waals surface area (Å²) in [5.41, 5.74) is 0. The summed E-state index contributed by atoms with van der Waals surface area (Å²) in [6.45, 7) is 2.41. The van der Waals surface area contributed by atoms with Gasteiger partial charge in [0, 0.05) is 0 Å². The smallest absolute Gasteiger partial charge is 0.0328 e. The molecule has 0 spiro atoms. The molecule has 0 aliphatic carbocycles. The third kappa shape index (κ3) is 2.29. The van der Waals surface area contributed by atoms with Gasteiger partial charge >= 0.3 is 0 Å². The molecule has 0 N–H and O–H groups in total. The van der Waals surface area contributed by atoms with Crippen molar-refractivity contribution in [2.45, 2.75) is 20.3 Å². The minimum Gasteiger partial charge on any atom is -0.110 e. The topological polar surface area (TPSA) is 0 Å². The van der Waals surface area contributed by atoms with Gasteiger partial charge in [0.05, 0.1) is 0 Å². The van der Waals surface area contributed by atoms with E-state index >= 15 is 0 Å². The van der Waals surface area contributed by atoms with E-state index < -0.39 is 0 Å². The van der Waals surface area contributed by atoms with Crippen molar-refractivity contribution < 1.29 is 0 Å². The highest BCUT2D eigenvalue weighted by molar-refractivity contribution is 7.57. The summed E-state index contributed by atoms with van der Waals surface area (Å²) in [5, 5.41) is 0. The van der Waals surface area contributed by atoms with Crippen LogP contribution in [0.5, 0.6) is 0 Å². The van der Waals surface area contributed by atoms with Gasteiger partial charge < -0.3 is 0 Å². The summed E-state index contributed by atoms with van der Waals surface area (Å²) >= 11 is 0. The van der Waals surface area contributed by atoms with Crippen molar-refractivity contribution in [1.82, 2.24) is 0 Å². The van der Waals surface area contributed by atoms with Crippen LogP contribution in [0.15, 0.2) is 0 Å². The van der Waals surface area contributed by atoms with E-state index in [-0.39, 0.29) is 7.43 Å². The third-order valence-electron chi connectivity index (χ3n) is 1.33. The Labute approximate surface area is 48.1 Å². The molecule has 0 radical (unpaired) electrons. The van der Waals surface area contributed by atoms with E-state index in [1.807, 2.05) is 0 Å². The van der Waals surface area contributed by atoms with Gasteiger partial charge in [-0.25, -0.2) is 0 Å². The Morgan fingerprint density at radius 2 is 1.57 bits per heavy atom. The second-order valence-corrected chi connectivity index (χ2v) is 4.62. The SMILES string of the molecule is C.CP1CCCC1. The number of hydrogen-bond donors (Lipinski definition) is 0. The molecule has 0 unspecified atom stereocenters. The molecule has 1 saturated heterocycles. The quantitative estimate of drug-likeness (QED) is 0.429. The zero-order valence-corrected chi connectivity index (χ0v) is 5.17. The van der Waals surface area contributed by atoms with Gasteiger partial charge in [0.25, 0.3) is 0 Å². The lowest BCUT2D eigenvalue weighted by Crippen LogP contribution is -1.65. The van der Waals surface area contributed by atoms with Crippen molar-refractivity contribution in [2.75, 3.05) is 19.0 Å². The van der Waals surface area contributed by atoms with E-state index in [1.165, 1.54) is 12.8 Å². The Kier molecular flexibility index (Phi) is 3.65. The Balaban J connectivity index is 0.000000360. The number of hydrogen-bond acceptors (Lipinski definition) is 0. The highest BCUT2D eigenvalue weighted by Crippen LogP contribution is 2.38. The van der Waals surface area contributed by atoms with Gasteiger partial charge in [-0.2, -0.15) is 0 Å². The molecule has 0 amide bonds. The molecule has 0 aromatic carbocycles. The molecule has 1 rings (SSSR count). The van der Waals surface area contributed by atoms with Crippen LogP contribution in [-0.2, 0) is 0 Å². The van der Waals surface area contributed by atoms with Crippen LogP contribution in [0.2, 0.25) is 0 Å². The summed E-state index contributed by atoms with van der Waals surface area (Å²) in [7, 11) is 0.535. The Hall–Kier alpha value is 0.430. The first-order chi connectivity index (χ1) is 2.89. The zero-order valence-electron chi connectivity index (χ0n) is 4.28. The molecule has 0 aromatic heterocycles. The maximum Gasteiger partial charge on any atom is -0.0328 e. The van der Waals surface area contributed by atoms with E-state index in [2.05, 4.69) is 6.66 Å². The van der Waals surface area contributed by atoms with E-state index in [4.69, 9.17) is 0 Å². The molecule has 0 atom stereocenters. The molecule has 1 aliphatic heterocycles. The van der Waals surface area contributed by atoms with Gasteiger partial charge in [0.1, 0.15) is 0 Å². The van der Waals surface area contributed by atoms with Gasteiger partial charge in [-0.3, -0.25) is 0 Å². The predicted molar refractivity (Wildman–Crippen MR) is 38.5 cm³/mol. The molecule has 44 valence electrons. The molecular weight excluding hydrogens is 103 g/mol. The van der Waals surface area contributed by atoms with Crippen LogP contribution in [0.25, 0.3) is 0 Å². The lowest BCUT2D eigenvalue weighted by atomic mass is 10.4. The fraction of sp³-hybridized carbons (Fsp3) is 1.00. The molecule has 1 aliphatic rings. The van der Waals surface area contributed by atoms with E-state index in [0.717, 1.165) is 0 Å². The van der Waals surface area contributed by atoms with Crippen molar-refractivity contribution >= 4 is 7.92 Å². The second-order valence-electron chi connectivity index (χ2n) is 2.01. The zero-order chi connectivity index (χ0) is 4.41. The Morgan fingerprint density at radius 1 is 1.14 bits per heavy atom. The maximum atomic E-state index is 2.41. The highest BCUT2D eigenvalue weighted by Gasteiger charge is 2.06. The first-order valence-corrected chi connectivity index (χ1v) is 4.74. The molecule has 7 heavy (non-hydrogen) atoms. The van der Waals surface area contributed by atoms with Crippen LogP contribution in [-0.4, -0.2) is 19.0 Å². The minimum atomic E-state index is 0. The summed E-state index contributed by atoms with van der Waals surface area (Å²) in [4.78, 5) is 0. The first-order valence-electron chi connectivity index (χ1n) is 2.58. The van der Waals surface area contributed by atoms with Crippen molar-refractivity contribution in [3.05, 3.63) is 0 Å². The molecular formula is C6H15P. The van der Waals surface area contributed by atoms with Crippen LogP contribution in [0.4, 0.5) is 0 Å². The van der Waals surface area contributed by atoms with Crippen LogP contribution in [0.1, 0.15) is 20.3 Å². The minimum absolute atomic E-state index is 0. The summed E-state index contributed by atoms with van der Waals surface area (Å²) in [6.07, 6.45) is 6.13. The number of rotatable bonds is 0. The van der Waals surface area contributed by atoms with Crippen LogP contribution >= 0.6 is 7.92 Å². The van der Waals surface area contributed by atoms with Crippen LogP contribution in [0.3, 0.4) is 0 Å². The molecule has 0 bridgehead atoms. The standard InChI is InChI=1S/C5H11P.CH4/c1-6-4-2-3-5-6;/h2-5H2,1H3;1H4. The maximum absolute atomic E-state index is 2.41. The molecule has 0 aromatic rings. The van der Waals surface area contributed by atoms with Crippen LogP contribution in [0, 0.1) is 0 Å². The van der Waals surface area contributed by atoms with Crippen molar-refractivity contribution in [2.24, 2.45) is 0 Å². The van der Waals surface area contributed by atoms with E-state index in [1.54, 1.807) is 12.3 Å². The van der Waals surface area contributed by atoms with Crippen molar-refractivity contribution in [1.29, 1.82) is 0 Å². The van der Waals surface area contributed by atoms with Gasteiger partial charge in [-0.15, -0.1) is 7.92 Å². The lowest BCUT2D eigenvalue weighted by molar-refractivity contribution is 0.949. The van der Waals surface area contributed by atoms with E-state index in [0.29, 0.717) is 7.92 Å². The van der Waals surface area contributed by atoms with Crippen molar-refractivity contribution in [3.8, 4) is 0 Å². The van der Waals surface area contributed by atoms with Crippen molar-refractivity contribution in [3.63, 3.8) is 0 Å². The van der Waals surface area contributed by atoms with Gasteiger partial charge in [-0.05, 0) is 31.8 Å². The van der Waals surface area contributed by atoms with Gasteiger partial charge in [0.15, 0.2) is 0 Å². The predicted octanol–water partition coefficient (Wildman–Crippen LogP) is 2.53. The molecule has 1 heterocycles. The molecule has 1 fully saturated rings. The second kappa shape index (κ2) is 3.43.